The van der Waals surface area contributed by atoms with E-state index in [0.29, 0.717) is 22.6 Å². The Hall–Kier alpha value is -2.30. The molecular weight excluding hydrogens is 280 g/mol. The van der Waals surface area contributed by atoms with Crippen molar-refractivity contribution < 1.29 is 19.7 Å². The first-order valence-corrected chi connectivity index (χ1v) is 6.87. The van der Waals surface area contributed by atoms with Crippen LogP contribution in [0.3, 0.4) is 0 Å². The molecule has 116 valence electrons. The molecule has 0 fully saturated rings. The van der Waals surface area contributed by atoms with Crippen molar-refractivity contribution in [1.29, 1.82) is 0 Å². The number of benzene rings is 2. The van der Waals surface area contributed by atoms with Crippen LogP contribution in [0.4, 0.5) is 0 Å². The summed E-state index contributed by atoms with van der Waals surface area (Å²) >= 11 is 0. The van der Waals surface area contributed by atoms with Crippen LogP contribution in [0.1, 0.15) is 17.2 Å². The largest absolute Gasteiger partial charge is 0.497 e. The summed E-state index contributed by atoms with van der Waals surface area (Å²) in [4.78, 5) is 0. The van der Waals surface area contributed by atoms with Crippen molar-refractivity contribution in [3.05, 3.63) is 72.3 Å². The van der Waals surface area contributed by atoms with E-state index in [2.05, 4.69) is 6.58 Å². The third-order valence-electron chi connectivity index (χ3n) is 3.67. The van der Waals surface area contributed by atoms with Crippen molar-refractivity contribution in [2.75, 3.05) is 14.2 Å². The Balaban J connectivity index is 2.45. The second-order valence-electron chi connectivity index (χ2n) is 4.94. The summed E-state index contributed by atoms with van der Waals surface area (Å²) in [5.41, 5.74) is -0.609. The first-order chi connectivity index (χ1) is 10.5. The van der Waals surface area contributed by atoms with Gasteiger partial charge in [0.15, 0.2) is 0 Å². The van der Waals surface area contributed by atoms with Crippen molar-refractivity contribution in [3.8, 4) is 11.5 Å². The highest BCUT2D eigenvalue weighted by molar-refractivity contribution is 5.39. The van der Waals surface area contributed by atoms with Gasteiger partial charge >= 0.3 is 0 Å². The highest BCUT2D eigenvalue weighted by Gasteiger charge is 2.36. The van der Waals surface area contributed by atoms with Crippen molar-refractivity contribution in [3.63, 3.8) is 0 Å². The Labute approximate surface area is 130 Å². The molecule has 0 radical (unpaired) electrons. The molecule has 2 rings (SSSR count). The van der Waals surface area contributed by atoms with Gasteiger partial charge in [-0.25, -0.2) is 0 Å². The lowest BCUT2D eigenvalue weighted by Gasteiger charge is -2.31. The lowest BCUT2D eigenvalue weighted by molar-refractivity contribution is -0.0458. The topological polar surface area (TPSA) is 58.9 Å². The van der Waals surface area contributed by atoms with E-state index < -0.39 is 11.7 Å². The minimum Gasteiger partial charge on any atom is -0.497 e. The number of rotatable bonds is 6. The normalized spacial score (nSPS) is 14.7. The number of methoxy groups -OCH3 is 2. The van der Waals surface area contributed by atoms with Crippen LogP contribution in [0.15, 0.2) is 61.2 Å². The maximum atomic E-state index is 10.9. The molecule has 0 aliphatic carbocycles. The summed E-state index contributed by atoms with van der Waals surface area (Å²) in [6.45, 7) is 3.67. The molecule has 0 unspecified atom stereocenters. The van der Waals surface area contributed by atoms with E-state index in [-0.39, 0.29) is 0 Å². The van der Waals surface area contributed by atoms with Gasteiger partial charge in [-0.3, -0.25) is 0 Å². The Morgan fingerprint density at radius 2 is 1.64 bits per heavy atom. The van der Waals surface area contributed by atoms with Gasteiger partial charge in [-0.15, -0.1) is 0 Å². The van der Waals surface area contributed by atoms with Gasteiger partial charge in [0.25, 0.3) is 0 Å². The molecule has 0 saturated carbocycles. The average Bonchev–Trinajstić information content (AvgIpc) is 2.60. The van der Waals surface area contributed by atoms with E-state index in [4.69, 9.17) is 9.47 Å². The van der Waals surface area contributed by atoms with Crippen LogP contribution in [0.2, 0.25) is 0 Å². The molecule has 0 spiro atoms. The lowest BCUT2D eigenvalue weighted by Crippen LogP contribution is -2.31. The van der Waals surface area contributed by atoms with Crippen molar-refractivity contribution in [2.45, 2.75) is 11.7 Å². The fourth-order valence-electron chi connectivity index (χ4n) is 2.33. The Morgan fingerprint density at radius 1 is 1.05 bits per heavy atom. The molecule has 2 aromatic rings. The third kappa shape index (κ3) is 2.98. The minimum atomic E-state index is -1.64. The van der Waals surface area contributed by atoms with Crippen LogP contribution in [0.5, 0.6) is 11.5 Å². The van der Waals surface area contributed by atoms with Gasteiger partial charge in [0.1, 0.15) is 23.2 Å². The molecule has 0 heterocycles. The van der Waals surface area contributed by atoms with Crippen LogP contribution in [0, 0.1) is 0 Å². The summed E-state index contributed by atoms with van der Waals surface area (Å²) in [5, 5.41) is 21.6. The van der Waals surface area contributed by atoms with Gasteiger partial charge < -0.3 is 19.7 Å². The summed E-state index contributed by atoms with van der Waals surface area (Å²) in [6.07, 6.45) is 0.138. The molecule has 2 aromatic carbocycles. The van der Waals surface area contributed by atoms with E-state index >= 15 is 0 Å². The molecule has 2 N–H and O–H groups in total. The molecule has 0 saturated heterocycles. The van der Waals surface area contributed by atoms with E-state index in [1.165, 1.54) is 6.08 Å². The van der Waals surface area contributed by atoms with Crippen LogP contribution in [0.25, 0.3) is 0 Å². The maximum absolute atomic E-state index is 10.9. The van der Waals surface area contributed by atoms with Crippen molar-refractivity contribution in [2.24, 2.45) is 0 Å². The highest BCUT2D eigenvalue weighted by Crippen LogP contribution is 2.38. The van der Waals surface area contributed by atoms with Crippen LogP contribution >= 0.6 is 0 Å². The van der Waals surface area contributed by atoms with Crippen LogP contribution in [-0.4, -0.2) is 24.4 Å². The standard InChI is InChI=1S/C18H20O4/c1-4-18(20,14-8-6-10-16(12-14)22-3)17(19)13-7-5-9-15(11-13)21-2/h4-12,17,19-20H,1H2,2-3H3/t17-,18+/m1/s1. The predicted octanol–water partition coefficient (Wildman–Crippen LogP) is 2.81. The van der Waals surface area contributed by atoms with E-state index in [1.807, 2.05) is 0 Å². The van der Waals surface area contributed by atoms with E-state index in [0.717, 1.165) is 0 Å². The molecule has 22 heavy (non-hydrogen) atoms. The molecule has 0 bridgehead atoms. The summed E-state index contributed by atoms with van der Waals surface area (Å²) in [6, 6.07) is 13.8. The quantitative estimate of drug-likeness (QED) is 0.805. The summed E-state index contributed by atoms with van der Waals surface area (Å²) < 4.78 is 10.3. The Kier molecular flexibility index (Phi) is 4.85. The number of hydrogen-bond donors (Lipinski definition) is 2. The van der Waals surface area contributed by atoms with Crippen LogP contribution in [-0.2, 0) is 5.60 Å². The van der Waals surface area contributed by atoms with Crippen molar-refractivity contribution in [1.82, 2.24) is 0 Å². The van der Waals surface area contributed by atoms with E-state index in [1.54, 1.807) is 62.8 Å². The van der Waals surface area contributed by atoms with Crippen molar-refractivity contribution >= 4 is 0 Å². The van der Waals surface area contributed by atoms with Gasteiger partial charge in [-0.2, -0.15) is 0 Å². The zero-order valence-corrected chi connectivity index (χ0v) is 12.7. The average molecular weight is 300 g/mol. The van der Waals surface area contributed by atoms with E-state index in [9.17, 15) is 10.2 Å². The second-order valence-corrected chi connectivity index (χ2v) is 4.94. The lowest BCUT2D eigenvalue weighted by atomic mass is 9.84. The predicted molar refractivity (Wildman–Crippen MR) is 85.0 cm³/mol. The monoisotopic (exact) mass is 300 g/mol. The van der Waals surface area contributed by atoms with Gasteiger partial charge in [-0.05, 0) is 35.4 Å². The number of hydrogen-bond acceptors (Lipinski definition) is 4. The smallest absolute Gasteiger partial charge is 0.138 e. The zero-order chi connectivity index (χ0) is 16.2. The van der Waals surface area contributed by atoms with Gasteiger partial charge in [-0.1, -0.05) is 36.9 Å². The first kappa shape index (κ1) is 16.1. The number of aliphatic hydroxyl groups excluding tert-OH is 1. The fraction of sp³-hybridized carbons (Fsp3) is 0.222. The Bertz CT molecular complexity index is 653. The molecule has 4 heteroatoms. The molecule has 0 aliphatic rings. The fourth-order valence-corrected chi connectivity index (χ4v) is 2.33. The van der Waals surface area contributed by atoms with Gasteiger partial charge in [0.05, 0.1) is 14.2 Å². The maximum Gasteiger partial charge on any atom is 0.138 e. The Morgan fingerprint density at radius 3 is 2.23 bits per heavy atom. The SMILES string of the molecule is C=C[C@](O)(c1cccc(OC)c1)[C@H](O)c1cccc(OC)c1. The summed E-state index contributed by atoms with van der Waals surface area (Å²) in [7, 11) is 3.10. The first-order valence-electron chi connectivity index (χ1n) is 6.87. The summed E-state index contributed by atoms with van der Waals surface area (Å²) in [5.74, 6) is 1.20. The van der Waals surface area contributed by atoms with Crippen LogP contribution < -0.4 is 9.47 Å². The number of aliphatic hydroxyl groups is 2. The molecule has 2 atom stereocenters. The minimum absolute atomic E-state index is 0.497. The zero-order valence-electron chi connectivity index (χ0n) is 12.7. The highest BCUT2D eigenvalue weighted by atomic mass is 16.5. The second kappa shape index (κ2) is 6.64. The number of ether oxygens (including phenoxy) is 2. The molecular formula is C18H20O4. The molecule has 4 nitrogen and oxygen atoms in total. The molecule has 0 aliphatic heterocycles. The van der Waals surface area contributed by atoms with Gasteiger partial charge in [0, 0.05) is 0 Å². The molecule has 0 amide bonds. The third-order valence-corrected chi connectivity index (χ3v) is 3.67. The van der Waals surface area contributed by atoms with Gasteiger partial charge in [0.2, 0.25) is 0 Å². The molecule has 0 aromatic heterocycles.